The Hall–Kier alpha value is -1.56. The summed E-state index contributed by atoms with van der Waals surface area (Å²) in [5.41, 5.74) is 1.89. The Kier molecular flexibility index (Phi) is 4.88. The van der Waals surface area contributed by atoms with Gasteiger partial charge >= 0.3 is 6.18 Å². The second-order valence-electron chi connectivity index (χ2n) is 5.25. The number of hydrogen-bond donors (Lipinski definition) is 2. The Morgan fingerprint density at radius 2 is 2.14 bits per heavy atom. The summed E-state index contributed by atoms with van der Waals surface area (Å²) in [6, 6.07) is 4.23. The number of benzene rings is 1. The molecule has 116 valence electrons. The molecule has 0 spiro atoms. The second kappa shape index (κ2) is 6.47. The smallest absolute Gasteiger partial charge is 0.352 e. The van der Waals surface area contributed by atoms with Crippen molar-refractivity contribution in [1.29, 1.82) is 0 Å². The van der Waals surface area contributed by atoms with Crippen molar-refractivity contribution in [2.45, 2.75) is 38.4 Å². The maximum Gasteiger partial charge on any atom is 0.390 e. The van der Waals surface area contributed by atoms with Crippen LogP contribution in [0.3, 0.4) is 0 Å². The van der Waals surface area contributed by atoms with E-state index >= 15 is 0 Å². The summed E-state index contributed by atoms with van der Waals surface area (Å²) in [6.45, 7) is 2.98. The van der Waals surface area contributed by atoms with Crippen LogP contribution in [-0.2, 0) is 6.42 Å². The first-order valence-electron chi connectivity index (χ1n) is 7.12. The van der Waals surface area contributed by atoms with Gasteiger partial charge in [0.15, 0.2) is 0 Å². The Morgan fingerprint density at radius 3 is 2.81 bits per heavy atom. The summed E-state index contributed by atoms with van der Waals surface area (Å²) in [4.78, 5) is 11.8. The van der Waals surface area contributed by atoms with E-state index in [-0.39, 0.29) is 5.91 Å². The van der Waals surface area contributed by atoms with Crippen molar-refractivity contribution in [3.8, 4) is 0 Å². The van der Waals surface area contributed by atoms with Crippen LogP contribution in [-0.4, -0.2) is 25.2 Å². The lowest BCUT2D eigenvalue weighted by Crippen LogP contribution is -2.32. The molecule has 1 aromatic rings. The highest BCUT2D eigenvalue weighted by Crippen LogP contribution is 2.30. The highest BCUT2D eigenvalue weighted by atomic mass is 19.4. The van der Waals surface area contributed by atoms with Gasteiger partial charge in [-0.1, -0.05) is 19.1 Å². The molecule has 1 amide bonds. The van der Waals surface area contributed by atoms with Crippen LogP contribution in [0, 0.1) is 0 Å². The molecule has 0 aliphatic carbocycles. The molecule has 1 aromatic carbocycles. The summed E-state index contributed by atoms with van der Waals surface area (Å²) in [5, 5.41) is 5.63. The number of halogens is 3. The Labute approximate surface area is 121 Å². The average molecular weight is 300 g/mol. The van der Waals surface area contributed by atoms with Crippen molar-refractivity contribution < 1.29 is 18.0 Å². The van der Waals surface area contributed by atoms with E-state index in [1.165, 1.54) is 0 Å². The summed E-state index contributed by atoms with van der Waals surface area (Å²) in [7, 11) is 0. The topological polar surface area (TPSA) is 41.1 Å². The molecule has 21 heavy (non-hydrogen) atoms. The van der Waals surface area contributed by atoms with Crippen LogP contribution >= 0.6 is 0 Å². The van der Waals surface area contributed by atoms with E-state index in [0.29, 0.717) is 30.6 Å². The minimum Gasteiger partial charge on any atom is -0.352 e. The zero-order chi connectivity index (χ0) is 15.5. The van der Waals surface area contributed by atoms with Gasteiger partial charge in [-0.3, -0.25) is 4.79 Å². The average Bonchev–Trinajstić information content (AvgIpc) is 2.42. The van der Waals surface area contributed by atoms with Crippen LogP contribution in [0.1, 0.15) is 47.3 Å². The largest absolute Gasteiger partial charge is 0.390 e. The van der Waals surface area contributed by atoms with Crippen molar-refractivity contribution in [2.24, 2.45) is 0 Å². The first-order valence-corrected chi connectivity index (χ1v) is 7.12. The number of rotatable bonds is 5. The van der Waals surface area contributed by atoms with Crippen molar-refractivity contribution in [3.63, 3.8) is 0 Å². The van der Waals surface area contributed by atoms with Gasteiger partial charge in [-0.25, -0.2) is 0 Å². The van der Waals surface area contributed by atoms with Crippen molar-refractivity contribution >= 4 is 5.91 Å². The van der Waals surface area contributed by atoms with Gasteiger partial charge in [-0.15, -0.1) is 0 Å². The summed E-state index contributed by atoms with van der Waals surface area (Å²) in [5.74, 6) is -0.209. The van der Waals surface area contributed by atoms with Crippen molar-refractivity contribution in [1.82, 2.24) is 10.6 Å². The van der Waals surface area contributed by atoms with Gasteiger partial charge in [0.05, 0.1) is 6.42 Å². The van der Waals surface area contributed by atoms with Crippen molar-refractivity contribution in [3.05, 3.63) is 34.9 Å². The molecule has 1 aliphatic heterocycles. The molecule has 0 bridgehead atoms. The highest BCUT2D eigenvalue weighted by molar-refractivity contribution is 5.96. The standard InChI is InChI=1S/C15H19F3N2O/c1-2-6-19-13(9-15(16,17)18)11-4-3-10-5-7-20-14(21)12(10)8-11/h3-4,8,13,19H,2,5-7,9H2,1H3,(H,20,21). The fourth-order valence-electron chi connectivity index (χ4n) is 2.50. The van der Waals surface area contributed by atoms with E-state index in [9.17, 15) is 18.0 Å². The molecule has 0 saturated heterocycles. The number of nitrogens with one attached hydrogen (secondary N) is 2. The van der Waals surface area contributed by atoms with Gasteiger partial charge < -0.3 is 10.6 Å². The normalized spacial score (nSPS) is 16.3. The summed E-state index contributed by atoms with van der Waals surface area (Å²) >= 11 is 0. The van der Waals surface area contributed by atoms with Crippen LogP contribution in [0.25, 0.3) is 0 Å². The first-order chi connectivity index (χ1) is 9.90. The summed E-state index contributed by atoms with van der Waals surface area (Å²) in [6.07, 6.45) is -3.72. The molecule has 0 fully saturated rings. The van der Waals surface area contributed by atoms with Crippen LogP contribution in [0.4, 0.5) is 13.2 Å². The predicted octanol–water partition coefficient (Wildman–Crippen LogP) is 2.97. The minimum absolute atomic E-state index is 0.209. The number of fused-ring (bicyclic) bond motifs is 1. The monoisotopic (exact) mass is 300 g/mol. The Bertz CT molecular complexity index is 514. The maximum atomic E-state index is 12.7. The number of hydrogen-bond acceptors (Lipinski definition) is 2. The van der Waals surface area contributed by atoms with Gasteiger partial charge in [0.2, 0.25) is 0 Å². The molecule has 0 saturated carbocycles. The SMILES string of the molecule is CCCNC(CC(F)(F)F)c1ccc2c(c1)C(=O)NCC2. The lowest BCUT2D eigenvalue weighted by Gasteiger charge is -2.23. The fourth-order valence-corrected chi connectivity index (χ4v) is 2.50. The zero-order valence-electron chi connectivity index (χ0n) is 11.9. The molecular formula is C15H19F3N2O. The van der Waals surface area contributed by atoms with E-state index in [4.69, 9.17) is 0 Å². The molecule has 6 heteroatoms. The predicted molar refractivity (Wildman–Crippen MR) is 74.2 cm³/mol. The minimum atomic E-state index is -4.25. The number of amides is 1. The van der Waals surface area contributed by atoms with E-state index in [1.807, 2.05) is 6.92 Å². The third-order valence-corrected chi connectivity index (χ3v) is 3.54. The third-order valence-electron chi connectivity index (χ3n) is 3.54. The van der Waals surface area contributed by atoms with Gasteiger partial charge in [-0.2, -0.15) is 13.2 Å². The molecule has 1 atom stereocenters. The molecule has 0 radical (unpaired) electrons. The Morgan fingerprint density at radius 1 is 1.38 bits per heavy atom. The highest BCUT2D eigenvalue weighted by Gasteiger charge is 2.33. The van der Waals surface area contributed by atoms with Gasteiger partial charge in [0.1, 0.15) is 0 Å². The Balaban J connectivity index is 2.26. The molecular weight excluding hydrogens is 281 g/mol. The number of carbonyl (C=O) groups excluding carboxylic acids is 1. The van der Waals surface area contributed by atoms with Gasteiger partial charge in [-0.05, 0) is 36.6 Å². The quantitative estimate of drug-likeness (QED) is 0.878. The molecule has 3 nitrogen and oxygen atoms in total. The first kappa shape index (κ1) is 15.8. The van der Waals surface area contributed by atoms with Gasteiger partial charge in [0.25, 0.3) is 5.91 Å². The molecule has 2 N–H and O–H groups in total. The lowest BCUT2D eigenvalue weighted by molar-refractivity contribution is -0.140. The van der Waals surface area contributed by atoms with E-state index in [1.54, 1.807) is 18.2 Å². The lowest BCUT2D eigenvalue weighted by atomic mass is 9.94. The van der Waals surface area contributed by atoms with Crippen LogP contribution in [0.2, 0.25) is 0 Å². The molecule has 2 rings (SSSR count). The maximum absolute atomic E-state index is 12.7. The van der Waals surface area contributed by atoms with E-state index < -0.39 is 18.6 Å². The third kappa shape index (κ3) is 4.20. The number of alkyl halides is 3. The second-order valence-corrected chi connectivity index (χ2v) is 5.25. The van der Waals surface area contributed by atoms with Crippen LogP contribution < -0.4 is 10.6 Å². The van der Waals surface area contributed by atoms with E-state index in [2.05, 4.69) is 10.6 Å². The molecule has 1 aliphatic rings. The zero-order valence-corrected chi connectivity index (χ0v) is 11.9. The van der Waals surface area contributed by atoms with Crippen LogP contribution in [0.5, 0.6) is 0 Å². The van der Waals surface area contributed by atoms with E-state index in [0.717, 1.165) is 12.0 Å². The molecule has 1 unspecified atom stereocenters. The molecule has 0 aromatic heterocycles. The summed E-state index contributed by atoms with van der Waals surface area (Å²) < 4.78 is 38.1. The van der Waals surface area contributed by atoms with Crippen LogP contribution in [0.15, 0.2) is 18.2 Å². The van der Waals surface area contributed by atoms with Crippen molar-refractivity contribution in [2.75, 3.05) is 13.1 Å². The fraction of sp³-hybridized carbons (Fsp3) is 0.533. The number of carbonyl (C=O) groups is 1. The molecule has 1 heterocycles. The van der Waals surface area contributed by atoms with Gasteiger partial charge in [0, 0.05) is 18.2 Å².